The number of pyridine rings is 1. The van der Waals surface area contributed by atoms with E-state index in [-0.39, 0.29) is 11.8 Å². The van der Waals surface area contributed by atoms with Gasteiger partial charge in [0.15, 0.2) is 0 Å². The summed E-state index contributed by atoms with van der Waals surface area (Å²) in [6.07, 6.45) is 2.03. The molecule has 0 spiro atoms. The van der Waals surface area contributed by atoms with Gasteiger partial charge in [-0.2, -0.15) is 0 Å². The normalized spacial score (nSPS) is 12.1. The number of hydrogen-bond acceptors (Lipinski definition) is 4. The molecular formula is C14H20N2O3. The topological polar surface area (TPSA) is 68.3 Å². The van der Waals surface area contributed by atoms with Crippen LogP contribution in [0.15, 0.2) is 18.3 Å². The zero-order valence-electron chi connectivity index (χ0n) is 11.8. The van der Waals surface area contributed by atoms with Crippen molar-refractivity contribution in [3.05, 3.63) is 29.6 Å². The number of ether oxygens (including phenoxy) is 1. The minimum absolute atomic E-state index is 0.278. The molecule has 0 aromatic carbocycles. The number of aromatic nitrogens is 1. The first-order chi connectivity index (χ1) is 8.93. The maximum atomic E-state index is 12.0. The molecule has 0 saturated heterocycles. The number of amides is 1. The molecule has 0 bridgehead atoms. The van der Waals surface area contributed by atoms with Crippen molar-refractivity contribution >= 4 is 11.9 Å². The molecule has 5 nitrogen and oxygen atoms in total. The molecule has 1 unspecified atom stereocenters. The average molecular weight is 264 g/mol. The Morgan fingerprint density at radius 2 is 2.05 bits per heavy atom. The molecule has 0 aliphatic rings. The Kier molecular flexibility index (Phi) is 5.48. The van der Waals surface area contributed by atoms with Crippen LogP contribution in [0.1, 0.15) is 36.3 Å². The molecule has 0 radical (unpaired) electrons. The van der Waals surface area contributed by atoms with Crippen molar-refractivity contribution in [2.75, 3.05) is 7.11 Å². The highest BCUT2D eigenvalue weighted by atomic mass is 16.5. The van der Waals surface area contributed by atoms with Crippen LogP contribution in [0.5, 0.6) is 0 Å². The van der Waals surface area contributed by atoms with E-state index in [1.54, 1.807) is 12.1 Å². The number of carbonyl (C=O) groups excluding carboxylic acids is 2. The fourth-order valence-electron chi connectivity index (χ4n) is 1.67. The lowest BCUT2D eigenvalue weighted by Crippen LogP contribution is -2.42. The summed E-state index contributed by atoms with van der Waals surface area (Å²) in [4.78, 5) is 27.7. The van der Waals surface area contributed by atoms with Crippen LogP contribution in [0.25, 0.3) is 0 Å². The maximum absolute atomic E-state index is 12.0. The Balaban J connectivity index is 2.75. The van der Waals surface area contributed by atoms with Crippen molar-refractivity contribution in [1.29, 1.82) is 0 Å². The number of aryl methyl sites for hydroxylation is 1. The van der Waals surface area contributed by atoms with Crippen LogP contribution in [0.2, 0.25) is 0 Å². The molecule has 5 heteroatoms. The van der Waals surface area contributed by atoms with E-state index in [1.165, 1.54) is 13.3 Å². The molecule has 0 saturated carbocycles. The van der Waals surface area contributed by atoms with Gasteiger partial charge in [0.05, 0.1) is 12.7 Å². The first-order valence-corrected chi connectivity index (χ1v) is 6.25. The number of methoxy groups -OCH3 is 1. The van der Waals surface area contributed by atoms with Gasteiger partial charge >= 0.3 is 5.97 Å². The zero-order valence-corrected chi connectivity index (χ0v) is 11.8. The minimum atomic E-state index is -0.626. The molecule has 1 heterocycles. The largest absolute Gasteiger partial charge is 0.467 e. The summed E-state index contributed by atoms with van der Waals surface area (Å²) in [6.45, 7) is 5.81. The van der Waals surface area contributed by atoms with Crippen molar-refractivity contribution in [2.24, 2.45) is 5.92 Å². The van der Waals surface area contributed by atoms with Gasteiger partial charge in [0, 0.05) is 11.9 Å². The molecule has 104 valence electrons. The number of nitrogens with zero attached hydrogens (tertiary/aromatic N) is 1. The number of carbonyl (C=O) groups is 2. The third-order valence-electron chi connectivity index (χ3n) is 2.67. The van der Waals surface area contributed by atoms with Crippen LogP contribution in [-0.2, 0) is 9.53 Å². The SMILES string of the molecule is COC(=O)C(CC(C)C)NC(=O)c1ccc(C)nc1. The lowest BCUT2D eigenvalue weighted by molar-refractivity contribution is -0.143. The van der Waals surface area contributed by atoms with Crippen LogP contribution in [0, 0.1) is 12.8 Å². The molecular weight excluding hydrogens is 244 g/mol. The molecule has 0 fully saturated rings. The summed E-state index contributed by atoms with van der Waals surface area (Å²) < 4.78 is 4.70. The lowest BCUT2D eigenvalue weighted by atomic mass is 10.0. The summed E-state index contributed by atoms with van der Waals surface area (Å²) in [5, 5.41) is 2.68. The van der Waals surface area contributed by atoms with Crippen LogP contribution < -0.4 is 5.32 Å². The predicted molar refractivity (Wildman–Crippen MR) is 71.7 cm³/mol. The molecule has 1 amide bonds. The van der Waals surface area contributed by atoms with Gasteiger partial charge in [-0.1, -0.05) is 13.8 Å². The predicted octanol–water partition coefficient (Wildman–Crippen LogP) is 1.71. The van der Waals surface area contributed by atoms with Gasteiger partial charge in [0.1, 0.15) is 6.04 Å². The maximum Gasteiger partial charge on any atom is 0.328 e. The molecule has 1 atom stereocenters. The summed E-state index contributed by atoms with van der Waals surface area (Å²) >= 11 is 0. The van der Waals surface area contributed by atoms with E-state index >= 15 is 0 Å². The van der Waals surface area contributed by atoms with Gasteiger partial charge in [0.2, 0.25) is 0 Å². The van der Waals surface area contributed by atoms with Crippen molar-refractivity contribution in [1.82, 2.24) is 10.3 Å². The van der Waals surface area contributed by atoms with Gasteiger partial charge in [-0.15, -0.1) is 0 Å². The zero-order chi connectivity index (χ0) is 14.4. The van der Waals surface area contributed by atoms with Crippen molar-refractivity contribution in [2.45, 2.75) is 33.2 Å². The second-order valence-electron chi connectivity index (χ2n) is 4.87. The molecule has 1 aromatic heterocycles. The van der Waals surface area contributed by atoms with Gasteiger partial charge in [-0.05, 0) is 31.4 Å². The Hall–Kier alpha value is -1.91. The van der Waals surface area contributed by atoms with Crippen LogP contribution >= 0.6 is 0 Å². The van der Waals surface area contributed by atoms with Gasteiger partial charge < -0.3 is 10.1 Å². The smallest absolute Gasteiger partial charge is 0.328 e. The number of esters is 1. The Labute approximate surface area is 113 Å². The highest BCUT2D eigenvalue weighted by molar-refractivity contribution is 5.96. The van der Waals surface area contributed by atoms with E-state index in [4.69, 9.17) is 4.74 Å². The first kappa shape index (κ1) is 15.1. The first-order valence-electron chi connectivity index (χ1n) is 6.25. The fraction of sp³-hybridized carbons (Fsp3) is 0.500. The van der Waals surface area contributed by atoms with Gasteiger partial charge in [-0.3, -0.25) is 9.78 Å². The van der Waals surface area contributed by atoms with E-state index in [1.807, 2.05) is 20.8 Å². The summed E-state index contributed by atoms with van der Waals surface area (Å²) in [7, 11) is 1.31. The number of nitrogens with one attached hydrogen (secondary N) is 1. The fourth-order valence-corrected chi connectivity index (χ4v) is 1.67. The van der Waals surface area contributed by atoms with Crippen molar-refractivity contribution < 1.29 is 14.3 Å². The quantitative estimate of drug-likeness (QED) is 0.822. The van der Waals surface area contributed by atoms with E-state index in [0.717, 1.165) is 5.69 Å². The standard InChI is InChI=1S/C14H20N2O3/c1-9(2)7-12(14(18)19-4)16-13(17)11-6-5-10(3)15-8-11/h5-6,8-9,12H,7H2,1-4H3,(H,16,17). The molecule has 0 aliphatic heterocycles. The number of hydrogen-bond donors (Lipinski definition) is 1. The summed E-state index contributed by atoms with van der Waals surface area (Å²) in [6, 6.07) is 2.81. The lowest BCUT2D eigenvalue weighted by Gasteiger charge is -2.18. The Bertz CT molecular complexity index is 441. The van der Waals surface area contributed by atoms with E-state index < -0.39 is 12.0 Å². The monoisotopic (exact) mass is 264 g/mol. The average Bonchev–Trinajstić information content (AvgIpc) is 2.37. The Morgan fingerprint density at radius 1 is 1.37 bits per heavy atom. The van der Waals surface area contributed by atoms with E-state index in [9.17, 15) is 9.59 Å². The van der Waals surface area contributed by atoms with Gasteiger partial charge in [0.25, 0.3) is 5.91 Å². The van der Waals surface area contributed by atoms with Gasteiger partial charge in [-0.25, -0.2) is 4.79 Å². The second kappa shape index (κ2) is 6.87. The van der Waals surface area contributed by atoms with Crippen LogP contribution in [0.4, 0.5) is 0 Å². The highest BCUT2D eigenvalue weighted by Crippen LogP contribution is 2.08. The molecule has 1 rings (SSSR count). The molecule has 1 aromatic rings. The van der Waals surface area contributed by atoms with Crippen molar-refractivity contribution in [3.63, 3.8) is 0 Å². The highest BCUT2D eigenvalue weighted by Gasteiger charge is 2.23. The molecule has 19 heavy (non-hydrogen) atoms. The number of rotatable bonds is 5. The summed E-state index contributed by atoms with van der Waals surface area (Å²) in [5.74, 6) is -0.466. The van der Waals surface area contributed by atoms with Crippen LogP contribution in [0.3, 0.4) is 0 Å². The van der Waals surface area contributed by atoms with E-state index in [2.05, 4.69) is 10.3 Å². The van der Waals surface area contributed by atoms with E-state index in [0.29, 0.717) is 12.0 Å². The second-order valence-corrected chi connectivity index (χ2v) is 4.87. The third-order valence-corrected chi connectivity index (χ3v) is 2.67. The van der Waals surface area contributed by atoms with Crippen molar-refractivity contribution in [3.8, 4) is 0 Å². The third kappa shape index (κ3) is 4.69. The Morgan fingerprint density at radius 3 is 2.53 bits per heavy atom. The molecule has 1 N–H and O–H groups in total. The van der Waals surface area contributed by atoms with Crippen LogP contribution in [-0.4, -0.2) is 30.0 Å². The minimum Gasteiger partial charge on any atom is -0.467 e. The summed E-state index contributed by atoms with van der Waals surface area (Å²) in [5.41, 5.74) is 1.27. The molecule has 0 aliphatic carbocycles.